The van der Waals surface area contributed by atoms with Gasteiger partial charge in [0.05, 0.1) is 21.4 Å². The number of non-ortho nitro benzene ring substituents is 1. The van der Waals surface area contributed by atoms with E-state index in [9.17, 15) is 28.1 Å². The smallest absolute Gasteiger partial charge is 0.422 e. The molecule has 0 N–H and O–H groups in total. The van der Waals surface area contributed by atoms with Crippen molar-refractivity contribution in [2.75, 3.05) is 6.61 Å². The molecule has 0 aliphatic rings. The molecular formula is C15H9F3N2O4S. The Balaban J connectivity index is 2.20. The van der Waals surface area contributed by atoms with Crippen molar-refractivity contribution in [2.24, 2.45) is 0 Å². The van der Waals surface area contributed by atoms with E-state index >= 15 is 0 Å². The van der Waals surface area contributed by atoms with Crippen LogP contribution in [0.25, 0.3) is 15.8 Å². The Morgan fingerprint density at radius 1 is 1.20 bits per heavy atom. The summed E-state index contributed by atoms with van der Waals surface area (Å²) in [6.07, 6.45) is -4.63. The van der Waals surface area contributed by atoms with Crippen molar-refractivity contribution in [3.63, 3.8) is 0 Å². The van der Waals surface area contributed by atoms with E-state index in [4.69, 9.17) is 0 Å². The summed E-state index contributed by atoms with van der Waals surface area (Å²) in [6.45, 7) is -1.65. The first kappa shape index (κ1) is 17.0. The molecule has 0 bridgehead atoms. The number of aromatic nitrogens is 1. The zero-order valence-electron chi connectivity index (χ0n) is 12.3. The zero-order chi connectivity index (χ0) is 18.2. The van der Waals surface area contributed by atoms with E-state index in [0.717, 1.165) is 23.7 Å². The molecular weight excluding hydrogens is 361 g/mol. The van der Waals surface area contributed by atoms with Crippen molar-refractivity contribution in [2.45, 2.75) is 6.18 Å². The summed E-state index contributed by atoms with van der Waals surface area (Å²) >= 11 is 0.895. The number of nitro benzene ring substituents is 1. The average Bonchev–Trinajstić information content (AvgIpc) is 2.90. The van der Waals surface area contributed by atoms with Crippen molar-refractivity contribution in [1.82, 2.24) is 3.96 Å². The van der Waals surface area contributed by atoms with Crippen LogP contribution in [0.2, 0.25) is 0 Å². The topological polar surface area (TPSA) is 74.4 Å². The van der Waals surface area contributed by atoms with Gasteiger partial charge in [0.25, 0.3) is 11.2 Å². The first-order valence-electron chi connectivity index (χ1n) is 6.86. The van der Waals surface area contributed by atoms with Gasteiger partial charge in [0.1, 0.15) is 11.1 Å². The predicted molar refractivity (Wildman–Crippen MR) is 85.6 cm³/mol. The van der Waals surface area contributed by atoms with Crippen LogP contribution in [0.4, 0.5) is 18.9 Å². The second-order valence-corrected chi connectivity index (χ2v) is 5.99. The summed E-state index contributed by atoms with van der Waals surface area (Å²) in [4.78, 5) is 22.9. The van der Waals surface area contributed by atoms with Crippen LogP contribution < -0.4 is 10.3 Å². The van der Waals surface area contributed by atoms with E-state index in [-0.39, 0.29) is 10.1 Å². The van der Waals surface area contributed by atoms with Crippen molar-refractivity contribution in [1.29, 1.82) is 0 Å². The standard InChI is InChI=1S/C15H9F3N2O4S/c16-15(17,18)8-24-11-6-10(20(22)23)7-12-13(11)14(21)19(25-12)9-4-2-1-3-5-9/h1-7H,8H2. The number of nitro groups is 1. The van der Waals surface area contributed by atoms with Crippen LogP contribution in [-0.4, -0.2) is 21.7 Å². The molecule has 3 rings (SSSR count). The van der Waals surface area contributed by atoms with E-state index in [2.05, 4.69) is 4.74 Å². The maximum absolute atomic E-state index is 12.6. The second kappa shape index (κ2) is 6.20. The number of halogens is 3. The minimum atomic E-state index is -4.63. The van der Waals surface area contributed by atoms with Gasteiger partial charge in [0.2, 0.25) is 0 Å². The molecule has 0 aliphatic heterocycles. The van der Waals surface area contributed by atoms with Gasteiger partial charge in [-0.15, -0.1) is 0 Å². The molecule has 0 radical (unpaired) electrons. The third-order valence-corrected chi connectivity index (χ3v) is 4.31. The molecule has 0 amide bonds. The van der Waals surface area contributed by atoms with E-state index < -0.39 is 34.7 Å². The van der Waals surface area contributed by atoms with Crippen LogP contribution in [-0.2, 0) is 0 Å². The van der Waals surface area contributed by atoms with Gasteiger partial charge in [0.15, 0.2) is 6.61 Å². The van der Waals surface area contributed by atoms with Crippen LogP contribution in [0.5, 0.6) is 5.75 Å². The summed E-state index contributed by atoms with van der Waals surface area (Å²) in [7, 11) is 0. The van der Waals surface area contributed by atoms with Crippen LogP contribution in [0, 0.1) is 10.1 Å². The molecule has 1 aromatic heterocycles. The van der Waals surface area contributed by atoms with Crippen LogP contribution in [0.3, 0.4) is 0 Å². The van der Waals surface area contributed by atoms with Gasteiger partial charge in [-0.2, -0.15) is 13.2 Å². The van der Waals surface area contributed by atoms with Gasteiger partial charge in [-0.3, -0.25) is 14.9 Å². The quantitative estimate of drug-likeness (QED) is 0.516. The molecule has 2 aromatic carbocycles. The van der Waals surface area contributed by atoms with Crippen molar-refractivity contribution in [3.8, 4) is 11.4 Å². The highest BCUT2D eigenvalue weighted by Crippen LogP contribution is 2.33. The lowest BCUT2D eigenvalue weighted by Gasteiger charge is -2.09. The highest BCUT2D eigenvalue weighted by atomic mass is 32.1. The average molecular weight is 370 g/mol. The monoisotopic (exact) mass is 370 g/mol. The lowest BCUT2D eigenvalue weighted by atomic mass is 10.2. The number of hydrogen-bond donors (Lipinski definition) is 0. The largest absolute Gasteiger partial charge is 0.483 e. The molecule has 6 nitrogen and oxygen atoms in total. The Bertz CT molecular complexity index is 996. The summed E-state index contributed by atoms with van der Waals surface area (Å²) < 4.78 is 43.4. The number of para-hydroxylation sites is 1. The number of ether oxygens (including phenoxy) is 1. The lowest BCUT2D eigenvalue weighted by molar-refractivity contribution is -0.384. The molecule has 0 unspecified atom stereocenters. The number of rotatable bonds is 4. The molecule has 0 atom stereocenters. The van der Waals surface area contributed by atoms with Gasteiger partial charge in [-0.25, -0.2) is 3.96 Å². The number of fused-ring (bicyclic) bond motifs is 1. The van der Waals surface area contributed by atoms with Gasteiger partial charge in [-0.1, -0.05) is 29.7 Å². The summed E-state index contributed by atoms with van der Waals surface area (Å²) in [5.74, 6) is -0.461. The zero-order valence-corrected chi connectivity index (χ0v) is 13.1. The number of alkyl halides is 3. The maximum Gasteiger partial charge on any atom is 0.422 e. The molecule has 25 heavy (non-hydrogen) atoms. The van der Waals surface area contributed by atoms with E-state index in [1.54, 1.807) is 30.3 Å². The van der Waals surface area contributed by atoms with Gasteiger partial charge in [0, 0.05) is 6.07 Å². The molecule has 0 fully saturated rings. The van der Waals surface area contributed by atoms with Crippen LogP contribution in [0.15, 0.2) is 47.3 Å². The summed E-state index contributed by atoms with van der Waals surface area (Å²) in [6, 6.07) is 10.4. The first-order chi connectivity index (χ1) is 11.8. The van der Waals surface area contributed by atoms with Crippen molar-refractivity contribution < 1.29 is 22.8 Å². The normalized spacial score (nSPS) is 11.6. The van der Waals surface area contributed by atoms with Crippen molar-refractivity contribution >= 4 is 27.3 Å². The highest BCUT2D eigenvalue weighted by molar-refractivity contribution is 7.14. The predicted octanol–water partition coefficient (Wildman–Crippen LogP) is 3.90. The molecule has 0 aliphatic carbocycles. The number of benzene rings is 2. The molecule has 0 saturated heterocycles. The Labute approximate surface area is 142 Å². The summed E-state index contributed by atoms with van der Waals surface area (Å²) in [5, 5.41) is 10.9. The summed E-state index contributed by atoms with van der Waals surface area (Å²) in [5.41, 5.74) is -0.553. The molecule has 130 valence electrons. The molecule has 0 saturated carbocycles. The Hall–Kier alpha value is -2.88. The lowest BCUT2D eigenvalue weighted by Crippen LogP contribution is -2.20. The Morgan fingerprint density at radius 3 is 2.48 bits per heavy atom. The van der Waals surface area contributed by atoms with Gasteiger partial charge >= 0.3 is 6.18 Å². The Morgan fingerprint density at radius 2 is 1.88 bits per heavy atom. The van der Waals surface area contributed by atoms with Crippen LogP contribution in [0.1, 0.15) is 0 Å². The van der Waals surface area contributed by atoms with E-state index in [1.165, 1.54) is 3.96 Å². The fraction of sp³-hybridized carbons (Fsp3) is 0.133. The third-order valence-electron chi connectivity index (χ3n) is 3.23. The molecule has 10 heteroatoms. The number of hydrogen-bond acceptors (Lipinski definition) is 5. The van der Waals surface area contributed by atoms with E-state index in [1.807, 2.05) is 0 Å². The van der Waals surface area contributed by atoms with Crippen molar-refractivity contribution in [3.05, 3.63) is 62.9 Å². The molecule has 1 heterocycles. The SMILES string of the molecule is O=c1c2c(OCC(F)(F)F)cc([N+](=O)[O-])cc2sn1-c1ccccc1. The highest BCUT2D eigenvalue weighted by Gasteiger charge is 2.30. The maximum atomic E-state index is 12.6. The molecule has 0 spiro atoms. The minimum Gasteiger partial charge on any atom is -0.483 e. The van der Waals surface area contributed by atoms with Gasteiger partial charge < -0.3 is 4.74 Å². The minimum absolute atomic E-state index is 0.122. The van der Waals surface area contributed by atoms with Gasteiger partial charge in [-0.05, 0) is 12.1 Å². The number of nitrogens with zero attached hydrogens (tertiary/aromatic N) is 2. The third kappa shape index (κ3) is 3.48. The fourth-order valence-corrected chi connectivity index (χ4v) is 3.26. The van der Waals surface area contributed by atoms with Crippen LogP contribution >= 0.6 is 11.5 Å². The second-order valence-electron chi connectivity index (χ2n) is 5.00. The Kier molecular flexibility index (Phi) is 4.21. The molecule has 3 aromatic rings. The first-order valence-corrected chi connectivity index (χ1v) is 7.63. The van der Waals surface area contributed by atoms with E-state index in [0.29, 0.717) is 5.69 Å². The fourth-order valence-electron chi connectivity index (χ4n) is 2.21.